The number of aromatic nitrogens is 6. The van der Waals surface area contributed by atoms with Crippen LogP contribution in [-0.4, -0.2) is 181 Å². The number of rotatable bonds is 14. The predicted octanol–water partition coefficient (Wildman–Crippen LogP) is 8.21. The summed E-state index contributed by atoms with van der Waals surface area (Å²) in [5.74, 6) is 3.94. The molecule has 448 valence electrons. The van der Waals surface area contributed by atoms with E-state index in [1.807, 2.05) is 54.6 Å². The van der Waals surface area contributed by atoms with Gasteiger partial charge in [0.15, 0.2) is 0 Å². The molecule has 6 aliphatic heterocycles. The summed E-state index contributed by atoms with van der Waals surface area (Å²) in [4.78, 5) is 35.7. The quantitative estimate of drug-likeness (QED) is 0.0975. The number of nitrogens with zero attached hydrogens (tertiary/aromatic N) is 12. The minimum absolute atomic E-state index is 0.0567. The van der Waals surface area contributed by atoms with Gasteiger partial charge in [-0.1, -0.05) is 11.6 Å². The van der Waals surface area contributed by atoms with E-state index < -0.39 is 0 Å². The molecule has 4 aromatic heterocycles. The topological polar surface area (TPSA) is 250 Å². The van der Waals surface area contributed by atoms with Gasteiger partial charge in [-0.25, -0.2) is 19.9 Å². The second kappa shape index (κ2) is 28.5. The van der Waals surface area contributed by atoms with Gasteiger partial charge in [-0.2, -0.15) is 20.5 Å². The van der Waals surface area contributed by atoms with E-state index >= 15 is 0 Å². The third kappa shape index (κ3) is 14.9. The fourth-order valence-electron chi connectivity index (χ4n) is 11.9. The van der Waals surface area contributed by atoms with Gasteiger partial charge in [0.25, 0.3) is 0 Å². The van der Waals surface area contributed by atoms with Crippen LogP contribution in [-0.2, 0) is 18.9 Å². The SMILES string of the molecule is COc1nc(Cl)ccc1N1C[C@@H](C)N(C2COC2)[C@@H](C)C1.COc1nc(Nc2cc(-c3ccc(OC4CCOCC4)c(C#N)c3)ncn2)ccc1N1C[C@@H](C)N(C2COC2)[C@@H](C)C1.N#Cc1cc(-c2cc(N)ncn2)ccc1OC1CCOCC1. The number of nitrogens with two attached hydrogens (primary N) is 1. The van der Waals surface area contributed by atoms with Crippen molar-refractivity contribution >= 4 is 40.4 Å². The lowest BCUT2D eigenvalue weighted by Gasteiger charge is -2.51. The molecular weight excluding hydrogens is 1100 g/mol. The van der Waals surface area contributed by atoms with Crippen LogP contribution in [0.1, 0.15) is 64.5 Å². The highest BCUT2D eigenvalue weighted by Gasteiger charge is 2.40. The van der Waals surface area contributed by atoms with Crippen LogP contribution in [0.5, 0.6) is 23.3 Å². The van der Waals surface area contributed by atoms with E-state index in [1.165, 1.54) is 12.7 Å². The van der Waals surface area contributed by atoms with Crippen LogP contribution >= 0.6 is 11.6 Å². The van der Waals surface area contributed by atoms with E-state index in [-0.39, 0.29) is 12.2 Å². The molecule has 0 amide bonds. The van der Waals surface area contributed by atoms with Crippen LogP contribution < -0.4 is 39.8 Å². The van der Waals surface area contributed by atoms with Crippen LogP contribution in [0.3, 0.4) is 0 Å². The molecule has 6 saturated heterocycles. The minimum atomic E-state index is 0.0567. The van der Waals surface area contributed by atoms with E-state index in [9.17, 15) is 10.5 Å². The lowest BCUT2D eigenvalue weighted by atomic mass is 10.0. The lowest BCUT2D eigenvalue weighted by molar-refractivity contribution is -0.0940. The monoisotopic (exact) mass is 1180 g/mol. The Kier molecular flexibility index (Phi) is 20.3. The van der Waals surface area contributed by atoms with E-state index in [0.29, 0.717) is 131 Å². The number of pyridine rings is 2. The third-order valence-electron chi connectivity index (χ3n) is 16.1. The number of nitrogens with one attached hydrogen (secondary N) is 1. The number of hydrogen-bond acceptors (Lipinski definition) is 22. The predicted molar refractivity (Wildman–Crippen MR) is 323 cm³/mol. The van der Waals surface area contributed by atoms with Crippen LogP contribution in [0.15, 0.2) is 85.5 Å². The smallest absolute Gasteiger partial charge is 0.239 e. The Morgan fingerprint density at radius 3 is 1.46 bits per heavy atom. The molecule has 6 aromatic rings. The fraction of sp³-hybridized carbons (Fsp3) is 0.484. The van der Waals surface area contributed by atoms with Gasteiger partial charge in [0.05, 0.1) is 102 Å². The molecule has 4 atom stereocenters. The van der Waals surface area contributed by atoms with E-state index in [0.717, 1.165) is 101 Å². The summed E-state index contributed by atoms with van der Waals surface area (Å²) in [5.41, 5.74) is 11.6. The maximum Gasteiger partial charge on any atom is 0.239 e. The highest BCUT2D eigenvalue weighted by atomic mass is 35.5. The zero-order valence-corrected chi connectivity index (χ0v) is 49.9. The second-order valence-corrected chi connectivity index (χ2v) is 22.5. The summed E-state index contributed by atoms with van der Waals surface area (Å²) < 4.78 is 44.7. The molecule has 10 heterocycles. The number of piperazine rings is 2. The first-order chi connectivity index (χ1) is 41.4. The van der Waals surface area contributed by atoms with Gasteiger partial charge in [-0.05, 0) is 88.4 Å². The molecule has 0 spiro atoms. The normalized spacial score (nSPS) is 21.5. The fourth-order valence-corrected chi connectivity index (χ4v) is 12.1. The van der Waals surface area contributed by atoms with Gasteiger partial charge in [0.2, 0.25) is 11.8 Å². The maximum absolute atomic E-state index is 9.78. The van der Waals surface area contributed by atoms with Crippen LogP contribution in [0, 0.1) is 22.7 Å². The molecule has 0 saturated carbocycles. The van der Waals surface area contributed by atoms with Gasteiger partial charge in [0.1, 0.15) is 82.5 Å². The Morgan fingerprint density at radius 2 is 1.01 bits per heavy atom. The maximum atomic E-state index is 9.78. The summed E-state index contributed by atoms with van der Waals surface area (Å²) in [6.45, 7) is 18.9. The third-order valence-corrected chi connectivity index (χ3v) is 16.3. The molecule has 3 N–H and O–H groups in total. The number of nitrogen functional groups attached to an aromatic ring is 1. The van der Waals surface area contributed by atoms with Crippen molar-refractivity contribution in [3.63, 3.8) is 0 Å². The Balaban J connectivity index is 0.000000157. The Hall–Kier alpha value is -7.67. The van der Waals surface area contributed by atoms with Gasteiger partial charge >= 0.3 is 0 Å². The summed E-state index contributed by atoms with van der Waals surface area (Å²) in [7, 11) is 3.28. The van der Waals surface area contributed by atoms with Crippen LogP contribution in [0.2, 0.25) is 5.15 Å². The van der Waals surface area contributed by atoms with Gasteiger partial charge in [-0.15, -0.1) is 0 Å². The zero-order valence-electron chi connectivity index (χ0n) is 49.1. The standard InChI is InChI=1S/C31H37N7O4.C16H16N4O2.C15H22ClN3O2/c1-20-15-37(16-21(2)38(20)24-17-41-18-24)27-5-7-29(36-31(27)39-3)35-30-13-26(33-19-34-30)22-4-6-28(23(12-22)14-32)42-25-8-10-40-11-9-25;17-9-12-7-11(14-8-16(18)20-10-19-14)1-2-15(12)22-13-3-5-21-6-4-13;1-10-6-18(7-11(2)19(10)12-8-21-9-12)13-4-5-14(16)17-15(13)20-3/h4-7,12-13,19-21,24-25H,8-11,15-18H2,1-3H3,(H,33,34,35,36);1-2,7-8,10,13H,3-6H2,(H2,18,19,20);4-5,10-12H,6-9H2,1-3H3/t20-,21+;;10-,11+. The largest absolute Gasteiger partial charge is 0.489 e. The molecule has 0 unspecified atom stereocenters. The van der Waals surface area contributed by atoms with E-state index in [4.69, 9.17) is 60.2 Å². The van der Waals surface area contributed by atoms with Gasteiger partial charge in [-0.3, -0.25) is 9.80 Å². The van der Waals surface area contributed by atoms with Crippen molar-refractivity contribution in [2.45, 2.75) is 102 Å². The first-order valence-electron chi connectivity index (χ1n) is 29.1. The van der Waals surface area contributed by atoms with Crippen LogP contribution in [0.4, 0.5) is 28.8 Å². The number of hydrogen-bond donors (Lipinski definition) is 2. The number of methoxy groups -OCH3 is 2. The molecule has 22 nitrogen and oxygen atoms in total. The van der Waals surface area contributed by atoms with Gasteiger partial charge in [0, 0.05) is 99.3 Å². The highest BCUT2D eigenvalue weighted by Crippen LogP contribution is 2.36. The summed E-state index contributed by atoms with van der Waals surface area (Å²) in [6, 6.07) is 29.6. The Morgan fingerprint density at radius 1 is 0.553 bits per heavy atom. The van der Waals surface area contributed by atoms with Crippen molar-refractivity contribution in [3.05, 3.63) is 102 Å². The number of ether oxygens (including phenoxy) is 8. The first-order valence-corrected chi connectivity index (χ1v) is 29.5. The minimum Gasteiger partial charge on any atom is -0.489 e. The number of anilines is 5. The van der Waals surface area contributed by atoms with Crippen molar-refractivity contribution < 1.29 is 37.9 Å². The molecule has 12 rings (SSSR count). The van der Waals surface area contributed by atoms with Crippen molar-refractivity contribution in [2.75, 3.05) is 114 Å². The van der Waals surface area contributed by atoms with Crippen LogP contribution in [0.25, 0.3) is 22.5 Å². The number of benzene rings is 2. The molecule has 23 heteroatoms. The van der Waals surface area contributed by atoms with Gasteiger partial charge < -0.3 is 58.7 Å². The Labute approximate surface area is 502 Å². The average Bonchev–Trinajstić information content (AvgIpc) is 2.46. The van der Waals surface area contributed by atoms with Crippen molar-refractivity contribution in [1.82, 2.24) is 39.7 Å². The molecule has 0 bridgehead atoms. The summed E-state index contributed by atoms with van der Waals surface area (Å²) in [5, 5.41) is 22.9. The molecule has 2 aromatic carbocycles. The van der Waals surface area contributed by atoms with Crippen molar-refractivity contribution in [3.8, 4) is 57.9 Å². The van der Waals surface area contributed by atoms with Crippen molar-refractivity contribution in [2.24, 2.45) is 0 Å². The molecule has 6 fully saturated rings. The lowest BCUT2D eigenvalue weighted by Crippen LogP contribution is -2.64. The molecule has 0 radical (unpaired) electrons. The van der Waals surface area contributed by atoms with E-state index in [1.54, 1.807) is 32.4 Å². The Bertz CT molecular complexity index is 3270. The summed E-state index contributed by atoms with van der Waals surface area (Å²) in [6.07, 6.45) is 6.38. The summed E-state index contributed by atoms with van der Waals surface area (Å²) >= 11 is 5.95. The second-order valence-electron chi connectivity index (χ2n) is 22.1. The first kappa shape index (κ1) is 60.5. The van der Waals surface area contributed by atoms with E-state index in [2.05, 4.69) is 89.7 Å². The molecule has 6 aliphatic rings. The van der Waals surface area contributed by atoms with Crippen molar-refractivity contribution in [1.29, 1.82) is 10.5 Å². The average molecular weight is 1180 g/mol. The molecular formula is C62H75ClN14O8. The number of nitriles is 2. The molecule has 85 heavy (non-hydrogen) atoms. The number of halogens is 1. The highest BCUT2D eigenvalue weighted by molar-refractivity contribution is 6.29. The zero-order chi connectivity index (χ0) is 59.4. The molecule has 0 aliphatic carbocycles.